The van der Waals surface area contributed by atoms with Crippen LogP contribution in [0.25, 0.3) is 5.69 Å². The van der Waals surface area contributed by atoms with Crippen LogP contribution < -0.4 is 20.1 Å². The van der Waals surface area contributed by atoms with Gasteiger partial charge in [0, 0.05) is 18.6 Å². The number of hydrogen-bond donors (Lipinski definition) is 2. The Labute approximate surface area is 210 Å². The fourth-order valence-electron chi connectivity index (χ4n) is 3.56. The second kappa shape index (κ2) is 11.8. The fraction of sp³-hybridized carbons (Fsp3) is 0.346. The Bertz CT molecular complexity index is 1190. The Morgan fingerprint density at radius 3 is 2.11 bits per heavy atom. The SMILES string of the molecule is CCOc1cc(NC(=O)c2c(C)nn(-c3ccccc3)c2Cl)c(OCC)cc1NC(=O)CC(C)C. The van der Waals surface area contributed by atoms with Crippen molar-refractivity contribution in [1.29, 1.82) is 0 Å². The van der Waals surface area contributed by atoms with Crippen molar-refractivity contribution in [2.24, 2.45) is 5.92 Å². The van der Waals surface area contributed by atoms with Crippen molar-refractivity contribution in [1.82, 2.24) is 9.78 Å². The number of aryl methyl sites for hydroxylation is 1. The molecule has 1 aromatic heterocycles. The van der Waals surface area contributed by atoms with Crippen molar-refractivity contribution in [2.45, 2.75) is 41.0 Å². The second-order valence-electron chi connectivity index (χ2n) is 8.31. The predicted octanol–water partition coefficient (Wildman–Crippen LogP) is 5.87. The van der Waals surface area contributed by atoms with Crippen LogP contribution in [0.15, 0.2) is 42.5 Å². The quantitative estimate of drug-likeness (QED) is 0.364. The van der Waals surface area contributed by atoms with Gasteiger partial charge in [0.15, 0.2) is 0 Å². The first kappa shape index (κ1) is 26.1. The molecule has 0 radical (unpaired) electrons. The summed E-state index contributed by atoms with van der Waals surface area (Å²) >= 11 is 6.57. The summed E-state index contributed by atoms with van der Waals surface area (Å²) < 4.78 is 13.0. The van der Waals surface area contributed by atoms with E-state index in [4.69, 9.17) is 21.1 Å². The molecule has 8 nitrogen and oxygen atoms in total. The van der Waals surface area contributed by atoms with Crippen LogP contribution in [0.4, 0.5) is 11.4 Å². The summed E-state index contributed by atoms with van der Waals surface area (Å²) in [6.07, 6.45) is 0.372. The topological polar surface area (TPSA) is 94.5 Å². The molecule has 0 spiro atoms. The molecule has 9 heteroatoms. The maximum Gasteiger partial charge on any atom is 0.260 e. The highest BCUT2D eigenvalue weighted by Gasteiger charge is 2.23. The standard InChI is InChI=1S/C26H31ClN4O4/c1-6-34-21-15-20(22(35-7-2)14-19(21)28-23(32)13-16(3)4)29-26(33)24-17(5)30-31(25(24)27)18-11-9-8-10-12-18/h8-12,14-16H,6-7,13H2,1-5H3,(H,28,32)(H,29,33). The van der Waals surface area contributed by atoms with Gasteiger partial charge in [0.05, 0.1) is 36.0 Å². The van der Waals surface area contributed by atoms with E-state index in [0.29, 0.717) is 48.2 Å². The third-order valence-corrected chi connectivity index (χ3v) is 5.38. The van der Waals surface area contributed by atoms with E-state index < -0.39 is 5.91 Å². The highest BCUT2D eigenvalue weighted by molar-refractivity contribution is 6.34. The molecule has 1 heterocycles. The monoisotopic (exact) mass is 498 g/mol. The molecule has 0 saturated carbocycles. The van der Waals surface area contributed by atoms with E-state index in [1.807, 2.05) is 58.0 Å². The van der Waals surface area contributed by atoms with Crippen molar-refractivity contribution in [3.63, 3.8) is 0 Å². The summed E-state index contributed by atoms with van der Waals surface area (Å²) in [6, 6.07) is 12.6. The minimum Gasteiger partial charge on any atom is -0.492 e. The molecule has 2 amide bonds. The lowest BCUT2D eigenvalue weighted by Gasteiger charge is -2.18. The molecule has 3 aromatic rings. The van der Waals surface area contributed by atoms with Crippen LogP contribution in [0.1, 0.15) is 50.2 Å². The average molecular weight is 499 g/mol. The average Bonchev–Trinajstić information content (AvgIpc) is 3.10. The first-order chi connectivity index (χ1) is 16.7. The Morgan fingerprint density at radius 1 is 1.00 bits per heavy atom. The van der Waals surface area contributed by atoms with Crippen LogP contribution in [0.5, 0.6) is 11.5 Å². The largest absolute Gasteiger partial charge is 0.492 e. The number of benzene rings is 2. The molecule has 2 aromatic carbocycles. The minimum absolute atomic E-state index is 0.129. The summed E-state index contributed by atoms with van der Waals surface area (Å²) in [6.45, 7) is 10.1. The van der Waals surface area contributed by atoms with Gasteiger partial charge in [-0.25, -0.2) is 4.68 Å². The Hall–Kier alpha value is -3.52. The smallest absolute Gasteiger partial charge is 0.260 e. The van der Waals surface area contributed by atoms with Crippen LogP contribution >= 0.6 is 11.6 Å². The van der Waals surface area contributed by atoms with Crippen LogP contribution in [0.2, 0.25) is 5.15 Å². The van der Waals surface area contributed by atoms with E-state index in [1.54, 1.807) is 19.1 Å². The van der Waals surface area contributed by atoms with Crippen LogP contribution in [-0.2, 0) is 4.79 Å². The molecular weight excluding hydrogens is 468 g/mol. The van der Waals surface area contributed by atoms with E-state index in [9.17, 15) is 9.59 Å². The van der Waals surface area contributed by atoms with E-state index in [0.717, 1.165) is 5.69 Å². The van der Waals surface area contributed by atoms with Crippen LogP contribution in [0, 0.1) is 12.8 Å². The van der Waals surface area contributed by atoms with E-state index in [2.05, 4.69) is 15.7 Å². The second-order valence-corrected chi connectivity index (χ2v) is 8.67. The first-order valence-corrected chi connectivity index (χ1v) is 12.0. The lowest BCUT2D eigenvalue weighted by molar-refractivity contribution is -0.116. The summed E-state index contributed by atoms with van der Waals surface area (Å²) in [5, 5.41) is 10.4. The molecule has 0 bridgehead atoms. The number of carbonyl (C=O) groups excluding carboxylic acids is 2. The number of amides is 2. The van der Waals surface area contributed by atoms with Crippen molar-refractivity contribution in [3.05, 3.63) is 58.9 Å². The van der Waals surface area contributed by atoms with Gasteiger partial charge in [0.2, 0.25) is 5.91 Å². The Morgan fingerprint density at radius 2 is 1.57 bits per heavy atom. The number of nitrogens with one attached hydrogen (secondary N) is 2. The van der Waals surface area contributed by atoms with Crippen molar-refractivity contribution in [2.75, 3.05) is 23.8 Å². The van der Waals surface area contributed by atoms with Crippen LogP contribution in [-0.4, -0.2) is 34.8 Å². The molecule has 35 heavy (non-hydrogen) atoms. The molecule has 3 rings (SSSR count). The van der Waals surface area contributed by atoms with E-state index in [-0.39, 0.29) is 22.5 Å². The molecule has 0 fully saturated rings. The molecular formula is C26H31ClN4O4. The summed E-state index contributed by atoms with van der Waals surface area (Å²) in [5.74, 6) is 0.463. The molecule has 186 valence electrons. The van der Waals surface area contributed by atoms with E-state index in [1.165, 1.54) is 4.68 Å². The summed E-state index contributed by atoms with van der Waals surface area (Å²) in [4.78, 5) is 25.7. The number of ether oxygens (including phenoxy) is 2. The molecule has 0 aliphatic carbocycles. The van der Waals surface area contributed by atoms with Gasteiger partial charge in [-0.2, -0.15) is 5.10 Å². The zero-order valence-electron chi connectivity index (χ0n) is 20.6. The highest BCUT2D eigenvalue weighted by atomic mass is 35.5. The van der Waals surface area contributed by atoms with Gasteiger partial charge in [-0.05, 0) is 38.8 Å². The number of halogens is 1. The number of rotatable bonds is 10. The number of aromatic nitrogens is 2. The summed E-state index contributed by atoms with van der Waals surface area (Å²) in [7, 11) is 0. The Balaban J connectivity index is 1.96. The van der Waals surface area contributed by atoms with Gasteiger partial charge >= 0.3 is 0 Å². The zero-order valence-corrected chi connectivity index (χ0v) is 21.4. The predicted molar refractivity (Wildman–Crippen MR) is 138 cm³/mol. The molecule has 0 unspecified atom stereocenters. The van der Waals surface area contributed by atoms with Gasteiger partial charge in [-0.3, -0.25) is 9.59 Å². The minimum atomic E-state index is -0.435. The maximum absolute atomic E-state index is 13.3. The van der Waals surface area contributed by atoms with Crippen molar-refractivity contribution in [3.8, 4) is 17.2 Å². The Kier molecular flexibility index (Phi) is 8.76. The highest BCUT2D eigenvalue weighted by Crippen LogP contribution is 2.38. The third-order valence-electron chi connectivity index (χ3n) is 5.03. The van der Waals surface area contributed by atoms with Gasteiger partial charge in [-0.15, -0.1) is 0 Å². The van der Waals surface area contributed by atoms with Crippen LogP contribution in [0.3, 0.4) is 0 Å². The number of para-hydroxylation sites is 1. The first-order valence-electron chi connectivity index (χ1n) is 11.6. The van der Waals surface area contributed by atoms with Gasteiger partial charge in [0.25, 0.3) is 5.91 Å². The molecule has 0 aliphatic rings. The zero-order chi connectivity index (χ0) is 25.5. The molecule has 0 saturated heterocycles. The molecule has 2 N–H and O–H groups in total. The van der Waals surface area contributed by atoms with Gasteiger partial charge in [-0.1, -0.05) is 43.6 Å². The van der Waals surface area contributed by atoms with Gasteiger partial charge < -0.3 is 20.1 Å². The molecule has 0 atom stereocenters. The lowest BCUT2D eigenvalue weighted by Crippen LogP contribution is -2.17. The number of nitrogens with zero attached hydrogens (tertiary/aromatic N) is 2. The normalized spacial score (nSPS) is 10.8. The lowest BCUT2D eigenvalue weighted by atomic mass is 10.1. The van der Waals surface area contributed by atoms with Crippen molar-refractivity contribution < 1.29 is 19.1 Å². The third kappa shape index (κ3) is 6.33. The number of hydrogen-bond acceptors (Lipinski definition) is 5. The molecule has 0 aliphatic heterocycles. The van der Waals surface area contributed by atoms with Gasteiger partial charge in [0.1, 0.15) is 22.2 Å². The van der Waals surface area contributed by atoms with E-state index >= 15 is 0 Å². The summed E-state index contributed by atoms with van der Waals surface area (Å²) in [5.41, 5.74) is 2.35. The van der Waals surface area contributed by atoms with Crippen molar-refractivity contribution >= 4 is 34.8 Å². The number of carbonyl (C=O) groups is 2. The maximum atomic E-state index is 13.3. The number of anilines is 2. The fourth-order valence-corrected chi connectivity index (χ4v) is 3.92.